The summed E-state index contributed by atoms with van der Waals surface area (Å²) < 4.78 is 10.6. The molecule has 2 aromatic carbocycles. The highest BCUT2D eigenvalue weighted by molar-refractivity contribution is 5.87. The standard InChI is InChI=1S/C23H26N2O4/c1-17-9-10-20-18(15-28-21(20)13-17)14-23(27)29-16-22(26)24-11-6-12-25(2)19-7-4-3-5-8-19/h3-5,7-10,13,15H,6,11-12,14,16H2,1-2H3,(H,24,26). The Bertz CT molecular complexity index is 965. The third kappa shape index (κ3) is 5.85. The van der Waals surface area contributed by atoms with Gasteiger partial charge in [-0.25, -0.2) is 0 Å². The molecule has 0 aliphatic carbocycles. The lowest BCUT2D eigenvalue weighted by molar-refractivity contribution is -0.147. The molecule has 0 saturated heterocycles. The number of anilines is 1. The molecule has 0 radical (unpaired) electrons. The number of aryl methyl sites for hydroxylation is 1. The van der Waals surface area contributed by atoms with Crippen molar-refractivity contribution in [3.05, 3.63) is 65.9 Å². The maximum absolute atomic E-state index is 12.1. The summed E-state index contributed by atoms with van der Waals surface area (Å²) >= 11 is 0. The number of rotatable bonds is 9. The van der Waals surface area contributed by atoms with E-state index in [0.29, 0.717) is 6.54 Å². The van der Waals surface area contributed by atoms with Crippen LogP contribution in [0.2, 0.25) is 0 Å². The van der Waals surface area contributed by atoms with Crippen LogP contribution < -0.4 is 10.2 Å². The third-order valence-corrected chi connectivity index (χ3v) is 4.70. The number of ether oxygens (including phenoxy) is 1. The summed E-state index contributed by atoms with van der Waals surface area (Å²) in [4.78, 5) is 26.1. The lowest BCUT2D eigenvalue weighted by Gasteiger charge is -2.19. The Kier molecular flexibility index (Phi) is 6.89. The van der Waals surface area contributed by atoms with E-state index in [1.54, 1.807) is 6.26 Å². The van der Waals surface area contributed by atoms with Crippen molar-refractivity contribution in [3.8, 4) is 0 Å². The van der Waals surface area contributed by atoms with Crippen molar-refractivity contribution in [2.45, 2.75) is 19.8 Å². The zero-order valence-corrected chi connectivity index (χ0v) is 16.8. The minimum Gasteiger partial charge on any atom is -0.464 e. The number of furan rings is 1. The van der Waals surface area contributed by atoms with Crippen LogP contribution in [0.25, 0.3) is 11.0 Å². The first-order valence-electron chi connectivity index (χ1n) is 9.68. The minimum absolute atomic E-state index is 0.0746. The van der Waals surface area contributed by atoms with Crippen LogP contribution in [0.5, 0.6) is 0 Å². The number of nitrogens with one attached hydrogen (secondary N) is 1. The number of hydrogen-bond donors (Lipinski definition) is 1. The first-order valence-corrected chi connectivity index (χ1v) is 9.68. The summed E-state index contributed by atoms with van der Waals surface area (Å²) in [5, 5.41) is 3.67. The van der Waals surface area contributed by atoms with Crippen molar-refractivity contribution in [3.63, 3.8) is 0 Å². The van der Waals surface area contributed by atoms with E-state index in [1.165, 1.54) is 0 Å². The summed E-state index contributed by atoms with van der Waals surface area (Å²) in [6, 6.07) is 15.9. The number of amides is 1. The van der Waals surface area contributed by atoms with Crippen LogP contribution in [0, 0.1) is 6.92 Å². The normalized spacial score (nSPS) is 10.7. The molecule has 0 aliphatic rings. The van der Waals surface area contributed by atoms with E-state index in [0.717, 1.165) is 40.7 Å². The van der Waals surface area contributed by atoms with Gasteiger partial charge < -0.3 is 19.4 Å². The predicted molar refractivity (Wildman–Crippen MR) is 113 cm³/mol. The molecule has 0 spiro atoms. The highest BCUT2D eigenvalue weighted by Gasteiger charge is 2.13. The number of fused-ring (bicyclic) bond motifs is 1. The molecule has 1 amide bonds. The SMILES string of the molecule is Cc1ccc2c(CC(=O)OCC(=O)NCCCN(C)c3ccccc3)coc2c1. The number of carbonyl (C=O) groups is 2. The fourth-order valence-electron chi connectivity index (χ4n) is 3.09. The van der Waals surface area contributed by atoms with Crippen molar-refractivity contribution in [2.75, 3.05) is 31.6 Å². The maximum atomic E-state index is 12.1. The van der Waals surface area contributed by atoms with Gasteiger partial charge >= 0.3 is 5.97 Å². The lowest BCUT2D eigenvalue weighted by atomic mass is 10.1. The fourth-order valence-corrected chi connectivity index (χ4v) is 3.09. The molecule has 0 aliphatic heterocycles. The van der Waals surface area contributed by atoms with E-state index < -0.39 is 5.97 Å². The second-order valence-electron chi connectivity index (χ2n) is 7.06. The molecule has 1 aromatic heterocycles. The number of carbonyl (C=O) groups excluding carboxylic acids is 2. The highest BCUT2D eigenvalue weighted by Crippen LogP contribution is 2.22. The van der Waals surface area contributed by atoms with E-state index >= 15 is 0 Å². The molecule has 0 unspecified atom stereocenters. The Hall–Kier alpha value is -3.28. The molecule has 0 fully saturated rings. The van der Waals surface area contributed by atoms with Gasteiger partial charge in [-0.05, 0) is 37.1 Å². The van der Waals surface area contributed by atoms with Crippen molar-refractivity contribution in [1.82, 2.24) is 5.32 Å². The lowest BCUT2D eigenvalue weighted by Crippen LogP contribution is -2.31. The van der Waals surface area contributed by atoms with Gasteiger partial charge in [0.05, 0.1) is 12.7 Å². The summed E-state index contributed by atoms with van der Waals surface area (Å²) in [6.45, 7) is 3.05. The quantitative estimate of drug-likeness (QED) is 0.444. The van der Waals surface area contributed by atoms with Gasteiger partial charge in [-0.15, -0.1) is 0 Å². The Balaban J connectivity index is 1.35. The Labute approximate surface area is 170 Å². The second-order valence-corrected chi connectivity index (χ2v) is 7.06. The van der Waals surface area contributed by atoms with Gasteiger partial charge in [0.15, 0.2) is 6.61 Å². The largest absolute Gasteiger partial charge is 0.464 e. The monoisotopic (exact) mass is 394 g/mol. The van der Waals surface area contributed by atoms with Gasteiger partial charge in [0.1, 0.15) is 5.58 Å². The average Bonchev–Trinajstić information content (AvgIpc) is 3.11. The van der Waals surface area contributed by atoms with Gasteiger partial charge in [-0.3, -0.25) is 9.59 Å². The Morgan fingerprint density at radius 1 is 1.14 bits per heavy atom. The topological polar surface area (TPSA) is 71.8 Å². The van der Waals surface area contributed by atoms with Crippen LogP contribution in [0.3, 0.4) is 0 Å². The van der Waals surface area contributed by atoms with Crippen LogP contribution in [0.4, 0.5) is 5.69 Å². The minimum atomic E-state index is -0.452. The van der Waals surface area contributed by atoms with Gasteiger partial charge in [0.25, 0.3) is 5.91 Å². The number of para-hydroxylation sites is 1. The van der Waals surface area contributed by atoms with Crippen LogP contribution in [-0.2, 0) is 20.7 Å². The van der Waals surface area contributed by atoms with Gasteiger partial charge in [0.2, 0.25) is 0 Å². The summed E-state index contributed by atoms with van der Waals surface area (Å²) in [7, 11) is 2.01. The average molecular weight is 394 g/mol. The van der Waals surface area contributed by atoms with E-state index in [-0.39, 0.29) is 18.9 Å². The van der Waals surface area contributed by atoms with Gasteiger partial charge in [-0.1, -0.05) is 30.3 Å². The van der Waals surface area contributed by atoms with Crippen LogP contribution in [-0.4, -0.2) is 38.6 Å². The van der Waals surface area contributed by atoms with Gasteiger partial charge in [0, 0.05) is 36.8 Å². The molecule has 3 aromatic rings. The number of nitrogens with zero attached hydrogens (tertiary/aromatic N) is 1. The first kappa shape index (κ1) is 20.5. The van der Waals surface area contributed by atoms with Crippen LogP contribution >= 0.6 is 0 Å². The van der Waals surface area contributed by atoms with Gasteiger partial charge in [-0.2, -0.15) is 0 Å². The molecule has 1 N–H and O–H groups in total. The van der Waals surface area contributed by atoms with Crippen molar-refractivity contribution in [2.24, 2.45) is 0 Å². The molecule has 1 heterocycles. The number of esters is 1. The second kappa shape index (κ2) is 9.78. The third-order valence-electron chi connectivity index (χ3n) is 4.70. The Morgan fingerprint density at radius 2 is 1.93 bits per heavy atom. The molecule has 6 nitrogen and oxygen atoms in total. The summed E-state index contributed by atoms with van der Waals surface area (Å²) in [6.07, 6.45) is 2.44. The van der Waals surface area contributed by atoms with Crippen molar-refractivity contribution >= 4 is 28.5 Å². The molecule has 152 valence electrons. The van der Waals surface area contributed by atoms with E-state index in [2.05, 4.69) is 10.2 Å². The summed E-state index contributed by atoms with van der Waals surface area (Å²) in [5.41, 5.74) is 3.72. The van der Waals surface area contributed by atoms with Crippen molar-refractivity contribution < 1.29 is 18.7 Å². The van der Waals surface area contributed by atoms with Crippen LogP contribution in [0.1, 0.15) is 17.5 Å². The Morgan fingerprint density at radius 3 is 2.72 bits per heavy atom. The molecular formula is C23H26N2O4. The first-order chi connectivity index (χ1) is 14.0. The summed E-state index contributed by atoms with van der Waals surface area (Å²) in [5.74, 6) is -0.749. The predicted octanol–water partition coefficient (Wildman–Crippen LogP) is 3.47. The van der Waals surface area contributed by atoms with E-state index in [4.69, 9.17) is 9.15 Å². The molecular weight excluding hydrogens is 368 g/mol. The molecule has 3 rings (SSSR count). The molecule has 0 atom stereocenters. The van der Waals surface area contributed by atoms with E-state index in [1.807, 2.05) is 62.5 Å². The number of hydrogen-bond acceptors (Lipinski definition) is 5. The highest BCUT2D eigenvalue weighted by atomic mass is 16.5. The molecule has 6 heteroatoms. The number of benzene rings is 2. The zero-order valence-electron chi connectivity index (χ0n) is 16.8. The molecule has 0 bridgehead atoms. The van der Waals surface area contributed by atoms with Crippen LogP contribution in [0.15, 0.2) is 59.2 Å². The molecule has 29 heavy (non-hydrogen) atoms. The van der Waals surface area contributed by atoms with Crippen molar-refractivity contribution in [1.29, 1.82) is 0 Å². The smallest absolute Gasteiger partial charge is 0.310 e. The molecule has 0 saturated carbocycles. The zero-order chi connectivity index (χ0) is 20.6. The van der Waals surface area contributed by atoms with E-state index in [9.17, 15) is 9.59 Å². The fraction of sp³-hybridized carbons (Fsp3) is 0.304. The maximum Gasteiger partial charge on any atom is 0.310 e.